The highest BCUT2D eigenvalue weighted by atomic mass is 79.9. The van der Waals surface area contributed by atoms with Crippen LogP contribution in [0.5, 0.6) is 0 Å². The van der Waals surface area contributed by atoms with Crippen LogP contribution in [0.2, 0.25) is 0 Å². The minimum atomic E-state index is -0.896. The predicted octanol–water partition coefficient (Wildman–Crippen LogP) is 4.02. The first-order chi connectivity index (χ1) is 14.0. The second-order valence-corrected chi connectivity index (χ2v) is 8.74. The summed E-state index contributed by atoms with van der Waals surface area (Å²) in [6.07, 6.45) is 1.60. The number of esters is 1. The number of hydrogen-bond acceptors (Lipinski definition) is 7. The fraction of sp³-hybridized carbons (Fsp3) is 0.429. The molecule has 8 heteroatoms. The maximum Gasteiger partial charge on any atom is 0.310 e. The van der Waals surface area contributed by atoms with Gasteiger partial charge in [0.05, 0.1) is 30.8 Å². The Labute approximate surface area is 182 Å². The zero-order valence-electron chi connectivity index (χ0n) is 16.1. The molecule has 0 radical (unpaired) electrons. The lowest BCUT2D eigenvalue weighted by molar-refractivity contribution is -0.150. The molecule has 0 N–H and O–H groups in total. The average molecular weight is 476 g/mol. The number of halogens is 1. The monoisotopic (exact) mass is 475 g/mol. The average Bonchev–Trinajstić information content (AvgIpc) is 3.19. The Bertz CT molecular complexity index is 907. The van der Waals surface area contributed by atoms with E-state index >= 15 is 0 Å². The molecule has 6 nitrogen and oxygen atoms in total. The van der Waals surface area contributed by atoms with Gasteiger partial charge in [0.15, 0.2) is 11.7 Å². The van der Waals surface area contributed by atoms with Gasteiger partial charge in [0, 0.05) is 22.0 Å². The number of rotatable bonds is 7. The van der Waals surface area contributed by atoms with Gasteiger partial charge in [-0.25, -0.2) is 4.98 Å². The Morgan fingerprint density at radius 1 is 1.41 bits per heavy atom. The van der Waals surface area contributed by atoms with Gasteiger partial charge in [-0.2, -0.15) is 5.26 Å². The van der Waals surface area contributed by atoms with Gasteiger partial charge >= 0.3 is 5.97 Å². The van der Waals surface area contributed by atoms with Crippen molar-refractivity contribution in [3.05, 3.63) is 39.1 Å². The molecule has 29 heavy (non-hydrogen) atoms. The summed E-state index contributed by atoms with van der Waals surface area (Å²) in [6, 6.07) is 9.84. The first kappa shape index (κ1) is 21.6. The standard InChI is InChI=1S/C21H22BrN3O3S/c1-2-28-21(27)15-4-3-9-25(11-15)12-19(26)17(10-23)20-24-18(13-29-20)14-5-7-16(22)8-6-14/h5-8,13,15,17H,2-4,9,11-12H2,1H3/t15-,17-/m1/s1. The van der Waals surface area contributed by atoms with E-state index in [0.29, 0.717) is 18.2 Å². The molecular weight excluding hydrogens is 454 g/mol. The summed E-state index contributed by atoms with van der Waals surface area (Å²) in [5, 5.41) is 12.0. The summed E-state index contributed by atoms with van der Waals surface area (Å²) in [5.74, 6) is -1.50. The van der Waals surface area contributed by atoms with E-state index < -0.39 is 5.92 Å². The Hall–Kier alpha value is -2.08. The predicted molar refractivity (Wildman–Crippen MR) is 114 cm³/mol. The van der Waals surface area contributed by atoms with Gasteiger partial charge in [0.25, 0.3) is 0 Å². The molecule has 2 heterocycles. The van der Waals surface area contributed by atoms with Gasteiger partial charge in [-0.3, -0.25) is 14.5 Å². The van der Waals surface area contributed by atoms with Crippen molar-refractivity contribution in [2.75, 3.05) is 26.2 Å². The third-order valence-electron chi connectivity index (χ3n) is 4.86. The topological polar surface area (TPSA) is 83.3 Å². The van der Waals surface area contributed by atoms with Crippen LogP contribution in [0.4, 0.5) is 0 Å². The second-order valence-electron chi connectivity index (χ2n) is 6.93. The third kappa shape index (κ3) is 5.50. The van der Waals surface area contributed by atoms with Crippen LogP contribution >= 0.6 is 27.3 Å². The SMILES string of the molecule is CCOC(=O)[C@@H]1CCCN(CC(=O)[C@@H](C#N)c2nc(-c3ccc(Br)cc3)cs2)C1. The molecule has 0 amide bonds. The van der Waals surface area contributed by atoms with E-state index in [2.05, 4.69) is 27.0 Å². The molecule has 2 atom stereocenters. The summed E-state index contributed by atoms with van der Waals surface area (Å²) in [5.41, 5.74) is 1.69. The zero-order chi connectivity index (χ0) is 20.8. The van der Waals surface area contributed by atoms with Crippen LogP contribution in [0.3, 0.4) is 0 Å². The van der Waals surface area contributed by atoms with Crippen LogP contribution in [0, 0.1) is 17.2 Å². The highest BCUT2D eigenvalue weighted by Crippen LogP contribution is 2.28. The number of piperidine rings is 1. The quantitative estimate of drug-likeness (QED) is 0.562. The molecule has 1 aromatic heterocycles. The largest absolute Gasteiger partial charge is 0.466 e. The minimum absolute atomic E-state index is 0.140. The highest BCUT2D eigenvalue weighted by molar-refractivity contribution is 9.10. The Morgan fingerprint density at radius 2 is 2.17 bits per heavy atom. The first-order valence-electron chi connectivity index (χ1n) is 9.54. The van der Waals surface area contributed by atoms with Gasteiger partial charge in [0.1, 0.15) is 5.01 Å². The molecule has 1 aromatic carbocycles. The highest BCUT2D eigenvalue weighted by Gasteiger charge is 2.31. The zero-order valence-corrected chi connectivity index (χ0v) is 18.5. The van der Waals surface area contributed by atoms with Crippen molar-refractivity contribution < 1.29 is 14.3 Å². The van der Waals surface area contributed by atoms with E-state index in [4.69, 9.17) is 4.74 Å². The fourth-order valence-corrected chi connectivity index (χ4v) is 4.56. The minimum Gasteiger partial charge on any atom is -0.466 e. The summed E-state index contributed by atoms with van der Waals surface area (Å²) < 4.78 is 6.09. The van der Waals surface area contributed by atoms with Gasteiger partial charge in [-0.1, -0.05) is 28.1 Å². The lowest BCUT2D eigenvalue weighted by atomic mass is 9.97. The van der Waals surface area contributed by atoms with Crippen molar-refractivity contribution in [2.45, 2.75) is 25.7 Å². The molecule has 152 valence electrons. The van der Waals surface area contributed by atoms with Crippen molar-refractivity contribution in [3.8, 4) is 17.3 Å². The van der Waals surface area contributed by atoms with E-state index in [-0.39, 0.29) is 24.2 Å². The van der Waals surface area contributed by atoms with Gasteiger partial charge < -0.3 is 4.74 Å². The molecule has 0 bridgehead atoms. The molecule has 0 saturated carbocycles. The number of hydrogen-bond donors (Lipinski definition) is 0. The van der Waals surface area contributed by atoms with E-state index in [1.54, 1.807) is 6.92 Å². The Kier molecular flexibility index (Phi) is 7.53. The fourth-order valence-electron chi connectivity index (χ4n) is 3.40. The lowest BCUT2D eigenvalue weighted by Gasteiger charge is -2.31. The molecule has 0 unspecified atom stereocenters. The van der Waals surface area contributed by atoms with Crippen LogP contribution in [0.25, 0.3) is 11.3 Å². The number of thiazole rings is 1. The molecule has 3 rings (SSSR count). The molecule has 1 saturated heterocycles. The summed E-state index contributed by atoms with van der Waals surface area (Å²) in [6.45, 7) is 3.51. The van der Waals surface area contributed by atoms with Crippen molar-refractivity contribution in [3.63, 3.8) is 0 Å². The Balaban J connectivity index is 1.66. The molecule has 1 aliphatic heterocycles. The van der Waals surface area contributed by atoms with E-state index in [1.807, 2.05) is 34.5 Å². The van der Waals surface area contributed by atoms with Crippen LogP contribution < -0.4 is 0 Å². The number of carbonyl (C=O) groups is 2. The second kappa shape index (κ2) is 10.1. The number of nitrogens with zero attached hydrogens (tertiary/aromatic N) is 3. The van der Waals surface area contributed by atoms with E-state index in [0.717, 1.165) is 35.1 Å². The number of Topliss-reactive ketones (excluding diaryl/α,β-unsaturated/α-hetero) is 1. The smallest absolute Gasteiger partial charge is 0.310 e. The lowest BCUT2D eigenvalue weighted by Crippen LogP contribution is -2.42. The van der Waals surface area contributed by atoms with Crippen molar-refractivity contribution >= 4 is 39.0 Å². The Morgan fingerprint density at radius 3 is 2.86 bits per heavy atom. The van der Waals surface area contributed by atoms with Crippen molar-refractivity contribution in [1.29, 1.82) is 5.26 Å². The molecule has 2 aromatic rings. The summed E-state index contributed by atoms with van der Waals surface area (Å²) in [4.78, 5) is 31.3. The van der Waals surface area contributed by atoms with Crippen LogP contribution in [-0.4, -0.2) is 47.9 Å². The number of carbonyl (C=O) groups excluding carboxylic acids is 2. The normalized spacial score (nSPS) is 18.0. The maximum atomic E-state index is 12.8. The van der Waals surface area contributed by atoms with Crippen molar-refractivity contribution in [2.24, 2.45) is 5.92 Å². The molecule has 0 aliphatic carbocycles. The summed E-state index contributed by atoms with van der Waals surface area (Å²) in [7, 11) is 0. The van der Waals surface area contributed by atoms with Crippen molar-refractivity contribution in [1.82, 2.24) is 9.88 Å². The number of likely N-dealkylation sites (tertiary alicyclic amines) is 1. The number of benzene rings is 1. The van der Waals surface area contributed by atoms with Crippen LogP contribution in [0.15, 0.2) is 34.1 Å². The molecule has 1 aliphatic rings. The number of aromatic nitrogens is 1. The van der Waals surface area contributed by atoms with E-state index in [1.165, 1.54) is 11.3 Å². The number of ether oxygens (including phenoxy) is 1. The number of ketones is 1. The van der Waals surface area contributed by atoms with Gasteiger partial charge in [-0.15, -0.1) is 11.3 Å². The summed E-state index contributed by atoms with van der Waals surface area (Å²) >= 11 is 4.73. The van der Waals surface area contributed by atoms with Gasteiger partial charge in [0.2, 0.25) is 0 Å². The third-order valence-corrected chi connectivity index (χ3v) is 6.30. The maximum absolute atomic E-state index is 12.8. The molecule has 0 spiro atoms. The molecule has 1 fully saturated rings. The first-order valence-corrected chi connectivity index (χ1v) is 11.2. The van der Waals surface area contributed by atoms with E-state index in [9.17, 15) is 14.9 Å². The van der Waals surface area contributed by atoms with Crippen LogP contribution in [0.1, 0.15) is 30.7 Å². The number of nitriles is 1. The van der Waals surface area contributed by atoms with Gasteiger partial charge in [-0.05, 0) is 38.4 Å². The molecular formula is C21H22BrN3O3S. The van der Waals surface area contributed by atoms with Crippen LogP contribution in [-0.2, 0) is 14.3 Å².